The lowest BCUT2D eigenvalue weighted by Crippen LogP contribution is -2.09. The van der Waals surface area contributed by atoms with Crippen molar-refractivity contribution in [2.24, 2.45) is 0 Å². The summed E-state index contributed by atoms with van der Waals surface area (Å²) in [5.74, 6) is 2.18. The molecule has 2 rings (SSSR count). The molecule has 0 radical (unpaired) electrons. The number of aromatic nitrogens is 2. The van der Waals surface area contributed by atoms with E-state index in [1.165, 1.54) is 11.8 Å². The molecule has 1 aromatic carbocycles. The smallest absolute Gasteiger partial charge is 0.338 e. The topological polar surface area (TPSA) is 72.0 Å². The molecule has 0 fully saturated rings. The molecule has 0 atom stereocenters. The highest BCUT2D eigenvalue weighted by atomic mass is 32.2. The maximum absolute atomic E-state index is 11.8. The largest absolute Gasteiger partial charge is 0.462 e. The molecule has 0 aliphatic rings. The molecule has 5 nitrogen and oxygen atoms in total. The average molecular weight is 393 g/mol. The predicted octanol–water partition coefficient (Wildman–Crippen LogP) is 4.27. The highest BCUT2D eigenvalue weighted by molar-refractivity contribution is 7.98. The Morgan fingerprint density at radius 2 is 1.92 bits per heavy atom. The second-order valence-corrected chi connectivity index (χ2v) is 7.79. The van der Waals surface area contributed by atoms with E-state index in [0.29, 0.717) is 23.1 Å². The summed E-state index contributed by atoms with van der Waals surface area (Å²) in [7, 11) is 0. The Morgan fingerprint density at radius 1 is 1.15 bits per heavy atom. The van der Waals surface area contributed by atoms with E-state index in [1.807, 2.05) is 19.1 Å². The molecule has 1 N–H and O–H groups in total. The summed E-state index contributed by atoms with van der Waals surface area (Å²) >= 11 is 3.26. The first-order valence-corrected chi connectivity index (χ1v) is 10.8. The number of aromatic amines is 1. The Hall–Kier alpha value is -1.73. The monoisotopic (exact) mass is 392 g/mol. The highest BCUT2D eigenvalue weighted by Crippen LogP contribution is 2.20. The molecule has 2 aromatic rings. The summed E-state index contributed by atoms with van der Waals surface area (Å²) < 4.78 is 5.12. The summed E-state index contributed by atoms with van der Waals surface area (Å²) in [4.78, 5) is 30.9. The van der Waals surface area contributed by atoms with E-state index in [4.69, 9.17) is 4.74 Å². The molecular weight excluding hydrogens is 368 g/mol. The lowest BCUT2D eigenvalue weighted by molar-refractivity contribution is 0.0505. The van der Waals surface area contributed by atoms with E-state index in [0.717, 1.165) is 35.6 Å². The molecular formula is C19H24N2O3S2. The van der Waals surface area contributed by atoms with Crippen LogP contribution in [0.2, 0.25) is 0 Å². The molecule has 1 aromatic heterocycles. The second-order valence-electron chi connectivity index (χ2n) is 5.72. The number of carbonyl (C=O) groups is 1. The number of nitrogens with one attached hydrogen (secondary N) is 1. The van der Waals surface area contributed by atoms with Crippen molar-refractivity contribution in [3.8, 4) is 0 Å². The van der Waals surface area contributed by atoms with Gasteiger partial charge in [0.1, 0.15) is 0 Å². The van der Waals surface area contributed by atoms with Gasteiger partial charge in [-0.3, -0.25) is 4.79 Å². The molecule has 0 aliphatic heterocycles. The van der Waals surface area contributed by atoms with Gasteiger partial charge in [0.25, 0.3) is 5.56 Å². The van der Waals surface area contributed by atoms with Crippen LogP contribution in [0.4, 0.5) is 0 Å². The second kappa shape index (κ2) is 11.1. The molecule has 0 saturated heterocycles. The van der Waals surface area contributed by atoms with Gasteiger partial charge >= 0.3 is 5.97 Å². The van der Waals surface area contributed by atoms with Crippen LogP contribution in [0.25, 0.3) is 0 Å². The molecule has 0 amide bonds. The number of hydrogen-bond acceptors (Lipinski definition) is 6. The summed E-state index contributed by atoms with van der Waals surface area (Å²) in [5.41, 5.74) is 2.29. The molecule has 0 saturated carbocycles. The molecule has 0 spiro atoms. The predicted molar refractivity (Wildman–Crippen MR) is 108 cm³/mol. The summed E-state index contributed by atoms with van der Waals surface area (Å²) in [5, 5.41) is 0.621. The maximum Gasteiger partial charge on any atom is 0.338 e. The minimum Gasteiger partial charge on any atom is -0.462 e. The van der Waals surface area contributed by atoms with E-state index in [-0.39, 0.29) is 11.5 Å². The number of nitrogens with zero attached hydrogens (tertiary/aromatic N) is 1. The van der Waals surface area contributed by atoms with Gasteiger partial charge in [-0.15, -0.1) is 0 Å². The SMILES string of the molecule is CCCOC(=O)c1ccc(CSc2nc(CSCCC)cc(=O)[nH]2)cc1. The van der Waals surface area contributed by atoms with Crippen molar-refractivity contribution in [1.82, 2.24) is 9.97 Å². The number of ether oxygens (including phenoxy) is 1. The quantitative estimate of drug-likeness (QED) is 0.282. The average Bonchev–Trinajstić information content (AvgIpc) is 2.65. The van der Waals surface area contributed by atoms with Crippen molar-refractivity contribution in [3.63, 3.8) is 0 Å². The van der Waals surface area contributed by atoms with Gasteiger partial charge in [0.15, 0.2) is 5.16 Å². The van der Waals surface area contributed by atoms with Gasteiger partial charge in [-0.25, -0.2) is 9.78 Å². The van der Waals surface area contributed by atoms with Crippen LogP contribution in [0.1, 0.15) is 48.3 Å². The van der Waals surface area contributed by atoms with Crippen LogP contribution in [0.15, 0.2) is 40.3 Å². The molecule has 0 bridgehead atoms. The molecule has 0 unspecified atom stereocenters. The Morgan fingerprint density at radius 3 is 2.62 bits per heavy atom. The van der Waals surface area contributed by atoms with Crippen molar-refractivity contribution in [3.05, 3.63) is 57.5 Å². The first-order chi connectivity index (χ1) is 12.6. The van der Waals surface area contributed by atoms with Gasteiger partial charge < -0.3 is 9.72 Å². The summed E-state index contributed by atoms with van der Waals surface area (Å²) in [6.07, 6.45) is 1.92. The number of benzene rings is 1. The van der Waals surface area contributed by atoms with E-state index in [9.17, 15) is 9.59 Å². The van der Waals surface area contributed by atoms with Gasteiger partial charge in [0.2, 0.25) is 0 Å². The molecule has 140 valence electrons. The fourth-order valence-electron chi connectivity index (χ4n) is 2.11. The standard InChI is InChI=1S/C19H24N2O3S2/c1-3-9-24-18(23)15-7-5-14(6-8-15)12-26-19-20-16(11-17(22)21-19)13-25-10-4-2/h5-8,11H,3-4,9-10,12-13H2,1-2H3,(H,20,21,22). The van der Waals surface area contributed by atoms with Gasteiger partial charge in [0.05, 0.1) is 17.9 Å². The van der Waals surface area contributed by atoms with Crippen LogP contribution in [0.5, 0.6) is 0 Å². The normalized spacial score (nSPS) is 10.7. The fourth-order valence-corrected chi connectivity index (χ4v) is 3.75. The van der Waals surface area contributed by atoms with E-state index >= 15 is 0 Å². The molecule has 1 heterocycles. The van der Waals surface area contributed by atoms with Crippen LogP contribution in [0, 0.1) is 0 Å². The summed E-state index contributed by atoms with van der Waals surface area (Å²) in [6, 6.07) is 8.89. The Balaban J connectivity index is 1.93. The number of H-pyrrole nitrogens is 1. The zero-order valence-corrected chi connectivity index (χ0v) is 16.8. The number of hydrogen-bond donors (Lipinski definition) is 1. The lowest BCUT2D eigenvalue weighted by atomic mass is 10.1. The molecule has 7 heteroatoms. The van der Waals surface area contributed by atoms with Crippen molar-refractivity contribution >= 4 is 29.5 Å². The van der Waals surface area contributed by atoms with Crippen LogP contribution in [-0.2, 0) is 16.2 Å². The van der Waals surface area contributed by atoms with Gasteiger partial charge in [0, 0.05) is 17.6 Å². The van der Waals surface area contributed by atoms with Crippen LogP contribution < -0.4 is 5.56 Å². The zero-order valence-electron chi connectivity index (χ0n) is 15.1. The minimum atomic E-state index is -0.297. The number of thioether (sulfide) groups is 2. The Kier molecular flexibility index (Phi) is 8.77. The summed E-state index contributed by atoms with van der Waals surface area (Å²) in [6.45, 7) is 4.53. The van der Waals surface area contributed by atoms with Gasteiger partial charge in [-0.1, -0.05) is 37.7 Å². The van der Waals surface area contributed by atoms with Crippen LogP contribution >= 0.6 is 23.5 Å². The van der Waals surface area contributed by atoms with Crippen molar-refractivity contribution in [2.45, 2.75) is 43.4 Å². The third kappa shape index (κ3) is 6.88. The maximum atomic E-state index is 11.8. The fraction of sp³-hybridized carbons (Fsp3) is 0.421. The van der Waals surface area contributed by atoms with Crippen LogP contribution in [-0.4, -0.2) is 28.3 Å². The van der Waals surface area contributed by atoms with Gasteiger partial charge in [-0.2, -0.15) is 11.8 Å². The third-order valence-electron chi connectivity index (χ3n) is 3.37. The Labute approximate surface area is 162 Å². The Bertz CT molecular complexity index is 760. The van der Waals surface area contributed by atoms with Gasteiger partial charge in [-0.05, 0) is 36.3 Å². The number of carbonyl (C=O) groups excluding carboxylic acids is 1. The first kappa shape index (κ1) is 20.6. The lowest BCUT2D eigenvalue weighted by Gasteiger charge is -2.06. The van der Waals surface area contributed by atoms with E-state index in [1.54, 1.807) is 30.0 Å². The molecule has 26 heavy (non-hydrogen) atoms. The highest BCUT2D eigenvalue weighted by Gasteiger charge is 2.07. The minimum absolute atomic E-state index is 0.122. The third-order valence-corrected chi connectivity index (χ3v) is 5.52. The van der Waals surface area contributed by atoms with E-state index < -0.39 is 0 Å². The van der Waals surface area contributed by atoms with Crippen molar-refractivity contribution < 1.29 is 9.53 Å². The molecule has 0 aliphatic carbocycles. The van der Waals surface area contributed by atoms with Crippen molar-refractivity contribution in [2.75, 3.05) is 12.4 Å². The number of esters is 1. The number of rotatable bonds is 10. The zero-order chi connectivity index (χ0) is 18.8. The van der Waals surface area contributed by atoms with E-state index in [2.05, 4.69) is 16.9 Å². The van der Waals surface area contributed by atoms with Crippen molar-refractivity contribution in [1.29, 1.82) is 0 Å². The van der Waals surface area contributed by atoms with Crippen LogP contribution in [0.3, 0.4) is 0 Å². The first-order valence-electron chi connectivity index (χ1n) is 8.69.